The molecule has 2 aromatic heterocycles. The van der Waals surface area contributed by atoms with Crippen LogP contribution >= 0.6 is 11.6 Å². The van der Waals surface area contributed by atoms with Gasteiger partial charge < -0.3 is 15.2 Å². The van der Waals surface area contributed by atoms with Crippen molar-refractivity contribution in [2.45, 2.75) is 13.1 Å². The number of nitrogen functional groups attached to an aromatic ring is 1. The molecule has 0 aromatic carbocycles. The van der Waals surface area contributed by atoms with Crippen molar-refractivity contribution in [3.63, 3.8) is 0 Å². The Hall–Kier alpha value is -1.89. The molecule has 0 bridgehead atoms. The fourth-order valence-corrected chi connectivity index (χ4v) is 1.99. The summed E-state index contributed by atoms with van der Waals surface area (Å²) in [5.41, 5.74) is 6.36. The number of hydrogen-bond acceptors (Lipinski definition) is 6. The Morgan fingerprint density at radius 1 is 1.35 bits per heavy atom. The van der Waals surface area contributed by atoms with Crippen LogP contribution in [0, 0.1) is 0 Å². The fraction of sp³-hybridized carbons (Fsp3) is 0.333. The first-order valence-corrected chi connectivity index (χ1v) is 5.51. The van der Waals surface area contributed by atoms with Gasteiger partial charge in [-0.2, -0.15) is 4.98 Å². The molecule has 0 amide bonds. The first-order chi connectivity index (χ1) is 8.24. The predicted octanol–water partition coefficient (Wildman–Crippen LogP) is 0.324. The van der Waals surface area contributed by atoms with E-state index in [9.17, 15) is 0 Å². The zero-order chi connectivity index (χ0) is 11.8. The lowest BCUT2D eigenvalue weighted by atomic mass is 10.3. The number of hydrogen-bond donors (Lipinski definition) is 1. The first kappa shape index (κ1) is 10.3. The van der Waals surface area contributed by atoms with E-state index in [1.165, 1.54) is 6.20 Å². The van der Waals surface area contributed by atoms with Crippen molar-refractivity contribution in [2.24, 2.45) is 0 Å². The molecule has 3 heterocycles. The standard InChI is InChI=1S/C9H10ClN7/c10-9-12-3-6(11)8(14-9)16-1-2-17-5-13-15-7(17)4-16/h3,5H,1-2,4,11H2. The Labute approximate surface area is 102 Å². The molecule has 0 saturated heterocycles. The van der Waals surface area contributed by atoms with E-state index in [2.05, 4.69) is 20.2 Å². The molecule has 0 unspecified atom stereocenters. The predicted molar refractivity (Wildman–Crippen MR) is 62.5 cm³/mol. The summed E-state index contributed by atoms with van der Waals surface area (Å²) in [5, 5.41) is 8.10. The Morgan fingerprint density at radius 3 is 3.12 bits per heavy atom. The summed E-state index contributed by atoms with van der Waals surface area (Å²) in [5.74, 6) is 1.55. The third-order valence-corrected chi connectivity index (χ3v) is 2.89. The minimum atomic E-state index is 0.196. The Morgan fingerprint density at radius 2 is 2.24 bits per heavy atom. The van der Waals surface area contributed by atoms with Gasteiger partial charge in [-0.1, -0.05) is 0 Å². The van der Waals surface area contributed by atoms with Gasteiger partial charge in [-0.3, -0.25) is 0 Å². The Bertz CT molecular complexity index is 552. The smallest absolute Gasteiger partial charge is 0.224 e. The van der Waals surface area contributed by atoms with Crippen molar-refractivity contribution >= 4 is 23.1 Å². The molecular weight excluding hydrogens is 242 g/mol. The van der Waals surface area contributed by atoms with Crippen LogP contribution in [0.3, 0.4) is 0 Å². The van der Waals surface area contributed by atoms with Gasteiger partial charge in [0.1, 0.15) is 6.33 Å². The van der Waals surface area contributed by atoms with Crippen molar-refractivity contribution in [1.82, 2.24) is 24.7 Å². The highest BCUT2D eigenvalue weighted by atomic mass is 35.5. The molecular formula is C9H10ClN7. The van der Waals surface area contributed by atoms with Crippen LogP contribution in [0.1, 0.15) is 5.82 Å². The van der Waals surface area contributed by atoms with Gasteiger partial charge in [-0.15, -0.1) is 10.2 Å². The number of halogens is 1. The third-order valence-electron chi connectivity index (χ3n) is 2.70. The second-order valence-electron chi connectivity index (χ2n) is 3.78. The van der Waals surface area contributed by atoms with Gasteiger partial charge in [-0.05, 0) is 11.6 Å². The van der Waals surface area contributed by atoms with E-state index in [-0.39, 0.29) is 5.28 Å². The van der Waals surface area contributed by atoms with Crippen molar-refractivity contribution in [2.75, 3.05) is 17.2 Å². The van der Waals surface area contributed by atoms with E-state index in [0.717, 1.165) is 18.9 Å². The second-order valence-corrected chi connectivity index (χ2v) is 4.12. The highest BCUT2D eigenvalue weighted by Crippen LogP contribution is 2.24. The van der Waals surface area contributed by atoms with Gasteiger partial charge in [0.05, 0.1) is 18.4 Å². The zero-order valence-electron chi connectivity index (χ0n) is 8.91. The number of anilines is 2. The molecule has 1 aliphatic heterocycles. The summed E-state index contributed by atoms with van der Waals surface area (Å²) in [6.45, 7) is 2.23. The quantitative estimate of drug-likeness (QED) is 0.735. The molecule has 8 heteroatoms. The number of rotatable bonds is 1. The van der Waals surface area contributed by atoms with Gasteiger partial charge in [0.15, 0.2) is 11.6 Å². The van der Waals surface area contributed by atoms with Crippen molar-refractivity contribution in [1.29, 1.82) is 0 Å². The SMILES string of the molecule is Nc1cnc(Cl)nc1N1CCn2cnnc2C1. The maximum Gasteiger partial charge on any atom is 0.224 e. The van der Waals surface area contributed by atoms with E-state index in [0.29, 0.717) is 18.1 Å². The van der Waals surface area contributed by atoms with Crippen LogP contribution in [0.15, 0.2) is 12.5 Å². The van der Waals surface area contributed by atoms with Crippen LogP contribution < -0.4 is 10.6 Å². The number of nitrogens with two attached hydrogens (primary N) is 1. The molecule has 17 heavy (non-hydrogen) atoms. The van der Waals surface area contributed by atoms with Crippen LogP contribution in [0.2, 0.25) is 5.28 Å². The molecule has 1 aliphatic rings. The average Bonchev–Trinajstić information content (AvgIpc) is 2.79. The molecule has 2 aromatic rings. The third kappa shape index (κ3) is 1.78. The summed E-state index contributed by atoms with van der Waals surface area (Å²) in [4.78, 5) is 10.0. The maximum atomic E-state index is 5.85. The highest BCUT2D eigenvalue weighted by Gasteiger charge is 2.20. The molecule has 0 saturated carbocycles. The summed E-state index contributed by atoms with van der Waals surface area (Å²) in [7, 11) is 0. The van der Waals surface area contributed by atoms with Crippen LogP contribution in [-0.2, 0) is 13.1 Å². The van der Waals surface area contributed by atoms with E-state index in [4.69, 9.17) is 17.3 Å². The Kier molecular flexibility index (Phi) is 2.32. The average molecular weight is 252 g/mol. The largest absolute Gasteiger partial charge is 0.394 e. The van der Waals surface area contributed by atoms with Gasteiger partial charge in [-0.25, -0.2) is 4.98 Å². The lowest BCUT2D eigenvalue weighted by Crippen LogP contribution is -2.34. The molecule has 2 N–H and O–H groups in total. The van der Waals surface area contributed by atoms with Crippen LogP contribution in [0.25, 0.3) is 0 Å². The molecule has 88 valence electrons. The molecule has 0 fully saturated rings. The van der Waals surface area contributed by atoms with Crippen LogP contribution in [-0.4, -0.2) is 31.3 Å². The van der Waals surface area contributed by atoms with Gasteiger partial charge in [0, 0.05) is 13.1 Å². The highest BCUT2D eigenvalue weighted by molar-refractivity contribution is 6.28. The minimum absolute atomic E-state index is 0.196. The summed E-state index contributed by atoms with van der Waals surface area (Å²) >= 11 is 5.78. The van der Waals surface area contributed by atoms with Gasteiger partial charge in [0.25, 0.3) is 0 Å². The zero-order valence-corrected chi connectivity index (χ0v) is 9.67. The monoisotopic (exact) mass is 251 g/mol. The van der Waals surface area contributed by atoms with E-state index >= 15 is 0 Å². The number of aromatic nitrogens is 5. The summed E-state index contributed by atoms with van der Waals surface area (Å²) < 4.78 is 2.01. The van der Waals surface area contributed by atoms with E-state index in [1.807, 2.05) is 9.47 Å². The molecule has 3 rings (SSSR count). The van der Waals surface area contributed by atoms with Gasteiger partial charge >= 0.3 is 0 Å². The number of fused-ring (bicyclic) bond motifs is 1. The molecule has 7 nitrogen and oxygen atoms in total. The van der Waals surface area contributed by atoms with Crippen LogP contribution in [0.5, 0.6) is 0 Å². The maximum absolute atomic E-state index is 5.85. The van der Waals surface area contributed by atoms with Crippen molar-refractivity contribution in [3.8, 4) is 0 Å². The lowest BCUT2D eigenvalue weighted by Gasteiger charge is -2.28. The molecule has 0 radical (unpaired) electrons. The summed E-state index contributed by atoms with van der Waals surface area (Å²) in [6, 6.07) is 0. The molecule has 0 atom stereocenters. The molecule has 0 spiro atoms. The van der Waals surface area contributed by atoms with Crippen LogP contribution in [0.4, 0.5) is 11.5 Å². The summed E-state index contributed by atoms with van der Waals surface area (Å²) in [6.07, 6.45) is 3.24. The lowest BCUT2D eigenvalue weighted by molar-refractivity contribution is 0.556. The fourth-order valence-electron chi connectivity index (χ4n) is 1.86. The number of nitrogens with zero attached hydrogens (tertiary/aromatic N) is 6. The second kappa shape index (κ2) is 3.85. The normalized spacial score (nSPS) is 14.8. The van der Waals surface area contributed by atoms with Gasteiger partial charge in [0.2, 0.25) is 5.28 Å². The topological polar surface area (TPSA) is 85.8 Å². The van der Waals surface area contributed by atoms with E-state index in [1.54, 1.807) is 6.33 Å². The molecule has 0 aliphatic carbocycles. The Balaban J connectivity index is 1.94. The van der Waals surface area contributed by atoms with E-state index < -0.39 is 0 Å². The van der Waals surface area contributed by atoms with Crippen molar-refractivity contribution < 1.29 is 0 Å². The van der Waals surface area contributed by atoms with Crippen molar-refractivity contribution in [3.05, 3.63) is 23.6 Å². The first-order valence-electron chi connectivity index (χ1n) is 5.13. The minimum Gasteiger partial charge on any atom is -0.394 e.